The van der Waals surface area contributed by atoms with E-state index in [4.69, 9.17) is 4.74 Å². The molecule has 2 amide bonds. The van der Waals surface area contributed by atoms with Crippen molar-refractivity contribution in [1.82, 2.24) is 24.3 Å². The van der Waals surface area contributed by atoms with Crippen LogP contribution in [0.25, 0.3) is 0 Å². The number of hydrogen-bond acceptors (Lipinski definition) is 5. The molecule has 0 saturated carbocycles. The molecular weight excluding hydrogens is 322 g/mol. The topological polar surface area (TPSA) is 70.9 Å². The summed E-state index contributed by atoms with van der Waals surface area (Å²) in [6.07, 6.45) is 7.09. The van der Waals surface area contributed by atoms with Gasteiger partial charge < -0.3 is 19.1 Å². The number of ether oxygens (including phenoxy) is 1. The number of piperazine rings is 1. The average molecular weight is 349 g/mol. The molecule has 8 heteroatoms. The van der Waals surface area contributed by atoms with Gasteiger partial charge >= 0.3 is 6.09 Å². The van der Waals surface area contributed by atoms with Crippen molar-refractivity contribution < 1.29 is 14.3 Å². The molecule has 3 heterocycles. The highest BCUT2D eigenvalue weighted by molar-refractivity contribution is 5.76. The minimum atomic E-state index is -0.220. The Hall–Kier alpha value is -2.09. The Morgan fingerprint density at radius 3 is 2.64 bits per heavy atom. The maximum absolute atomic E-state index is 12.5. The Morgan fingerprint density at radius 1 is 1.16 bits per heavy atom. The molecule has 138 valence electrons. The van der Waals surface area contributed by atoms with E-state index in [1.54, 1.807) is 17.4 Å². The second kappa shape index (κ2) is 8.33. The summed E-state index contributed by atoms with van der Waals surface area (Å²) in [6, 6.07) is 0.379. The van der Waals surface area contributed by atoms with Gasteiger partial charge in [-0.2, -0.15) is 0 Å². The molecule has 0 aromatic carbocycles. The highest BCUT2D eigenvalue weighted by Crippen LogP contribution is 2.18. The van der Waals surface area contributed by atoms with Gasteiger partial charge in [0, 0.05) is 57.7 Å². The Labute approximate surface area is 148 Å². The van der Waals surface area contributed by atoms with Gasteiger partial charge in [-0.25, -0.2) is 9.78 Å². The second-order valence-corrected chi connectivity index (χ2v) is 6.59. The third kappa shape index (κ3) is 4.50. The van der Waals surface area contributed by atoms with Gasteiger partial charge in [-0.15, -0.1) is 0 Å². The Morgan fingerprint density at radius 2 is 1.96 bits per heavy atom. The van der Waals surface area contributed by atoms with E-state index in [0.29, 0.717) is 32.3 Å². The first-order valence-electron chi connectivity index (χ1n) is 9.06. The van der Waals surface area contributed by atoms with Crippen molar-refractivity contribution in [2.24, 2.45) is 0 Å². The second-order valence-electron chi connectivity index (χ2n) is 6.59. The van der Waals surface area contributed by atoms with Crippen LogP contribution in [0.5, 0.6) is 0 Å². The summed E-state index contributed by atoms with van der Waals surface area (Å²) in [5.41, 5.74) is 0. The van der Waals surface area contributed by atoms with E-state index in [2.05, 4.69) is 9.88 Å². The number of rotatable bonds is 4. The fraction of sp³-hybridized carbons (Fsp3) is 0.706. The van der Waals surface area contributed by atoms with Crippen LogP contribution < -0.4 is 0 Å². The summed E-state index contributed by atoms with van der Waals surface area (Å²) < 4.78 is 6.88. The summed E-state index contributed by atoms with van der Waals surface area (Å²) >= 11 is 0. The minimum Gasteiger partial charge on any atom is -0.450 e. The normalized spacial score (nSPS) is 22.0. The maximum Gasteiger partial charge on any atom is 0.409 e. The molecule has 2 saturated heterocycles. The van der Waals surface area contributed by atoms with Gasteiger partial charge in [0.15, 0.2) is 0 Å². The number of hydrogen-bond donors (Lipinski definition) is 0. The molecule has 0 radical (unpaired) electrons. The molecule has 2 aliphatic rings. The standard InChI is InChI=1S/C17H27N5O3/c1-2-25-17(24)21-10-8-20(9-11-21)15-4-3-6-22(12-15)16(23)13-19-7-5-18-14-19/h5,7,14-15H,2-4,6,8-13H2,1H3/t15-/m1/s1. The van der Waals surface area contributed by atoms with E-state index in [9.17, 15) is 9.59 Å². The zero-order valence-corrected chi connectivity index (χ0v) is 14.8. The quantitative estimate of drug-likeness (QED) is 0.798. The molecule has 0 aliphatic carbocycles. The lowest BCUT2D eigenvalue weighted by molar-refractivity contribution is -0.134. The number of aromatic nitrogens is 2. The monoisotopic (exact) mass is 349 g/mol. The molecule has 0 spiro atoms. The van der Waals surface area contributed by atoms with E-state index < -0.39 is 0 Å². The third-order valence-electron chi connectivity index (χ3n) is 4.98. The van der Waals surface area contributed by atoms with Crippen molar-refractivity contribution in [3.8, 4) is 0 Å². The average Bonchev–Trinajstić information content (AvgIpc) is 3.15. The van der Waals surface area contributed by atoms with Crippen LogP contribution in [0.4, 0.5) is 4.79 Å². The summed E-state index contributed by atoms with van der Waals surface area (Å²) in [4.78, 5) is 34.4. The molecule has 1 aromatic heterocycles. The number of amides is 2. The summed E-state index contributed by atoms with van der Waals surface area (Å²) in [7, 11) is 0. The predicted molar refractivity (Wildman–Crippen MR) is 92.0 cm³/mol. The van der Waals surface area contributed by atoms with E-state index in [1.165, 1.54) is 0 Å². The van der Waals surface area contributed by atoms with Crippen molar-refractivity contribution in [1.29, 1.82) is 0 Å². The highest BCUT2D eigenvalue weighted by atomic mass is 16.6. The highest BCUT2D eigenvalue weighted by Gasteiger charge is 2.31. The Balaban J connectivity index is 1.48. The summed E-state index contributed by atoms with van der Waals surface area (Å²) in [6.45, 7) is 7.25. The summed E-state index contributed by atoms with van der Waals surface area (Å²) in [5.74, 6) is 0.146. The number of piperidine rings is 1. The van der Waals surface area contributed by atoms with Gasteiger partial charge in [0.2, 0.25) is 5.91 Å². The van der Waals surface area contributed by atoms with Crippen LogP contribution in [0.3, 0.4) is 0 Å². The molecule has 25 heavy (non-hydrogen) atoms. The van der Waals surface area contributed by atoms with Crippen LogP contribution >= 0.6 is 0 Å². The van der Waals surface area contributed by atoms with Crippen LogP contribution in [0.15, 0.2) is 18.7 Å². The number of carbonyl (C=O) groups excluding carboxylic acids is 2. The first-order valence-corrected chi connectivity index (χ1v) is 9.06. The Bertz CT molecular complexity index is 569. The van der Waals surface area contributed by atoms with E-state index in [-0.39, 0.29) is 12.0 Å². The lowest BCUT2D eigenvalue weighted by Crippen LogP contribution is -2.56. The molecule has 0 bridgehead atoms. The fourth-order valence-electron chi connectivity index (χ4n) is 3.60. The number of carbonyl (C=O) groups is 2. The molecule has 1 atom stereocenters. The number of nitrogens with zero attached hydrogens (tertiary/aromatic N) is 5. The maximum atomic E-state index is 12.5. The van der Waals surface area contributed by atoms with Gasteiger partial charge in [-0.3, -0.25) is 9.69 Å². The fourth-order valence-corrected chi connectivity index (χ4v) is 3.60. The van der Waals surface area contributed by atoms with Crippen molar-refractivity contribution in [2.75, 3.05) is 45.9 Å². The Kier molecular flexibility index (Phi) is 5.91. The van der Waals surface area contributed by atoms with Gasteiger partial charge in [-0.1, -0.05) is 0 Å². The van der Waals surface area contributed by atoms with Crippen LogP contribution in [-0.2, 0) is 16.1 Å². The molecule has 2 fully saturated rings. The summed E-state index contributed by atoms with van der Waals surface area (Å²) in [5, 5.41) is 0. The van der Waals surface area contributed by atoms with Gasteiger partial charge in [-0.05, 0) is 19.8 Å². The zero-order valence-electron chi connectivity index (χ0n) is 14.8. The molecule has 1 aromatic rings. The molecule has 3 rings (SSSR count). The number of likely N-dealkylation sites (tertiary alicyclic amines) is 1. The van der Waals surface area contributed by atoms with Gasteiger partial charge in [0.1, 0.15) is 6.54 Å². The largest absolute Gasteiger partial charge is 0.450 e. The third-order valence-corrected chi connectivity index (χ3v) is 4.98. The molecule has 0 unspecified atom stereocenters. The molecular formula is C17H27N5O3. The predicted octanol–water partition coefficient (Wildman–Crippen LogP) is 0.648. The van der Waals surface area contributed by atoms with Gasteiger partial charge in [0.25, 0.3) is 0 Å². The minimum absolute atomic E-state index is 0.146. The molecule has 8 nitrogen and oxygen atoms in total. The van der Waals surface area contributed by atoms with Crippen molar-refractivity contribution in [3.63, 3.8) is 0 Å². The van der Waals surface area contributed by atoms with Crippen molar-refractivity contribution in [3.05, 3.63) is 18.7 Å². The van der Waals surface area contributed by atoms with Gasteiger partial charge in [0.05, 0.1) is 12.9 Å². The molecule has 2 aliphatic heterocycles. The molecule has 0 N–H and O–H groups in total. The number of imidazole rings is 1. The van der Waals surface area contributed by atoms with Crippen LogP contribution in [0, 0.1) is 0 Å². The van der Waals surface area contributed by atoms with E-state index in [0.717, 1.165) is 39.0 Å². The first kappa shape index (κ1) is 17.7. The first-order chi connectivity index (χ1) is 12.2. The van der Waals surface area contributed by atoms with Crippen molar-refractivity contribution in [2.45, 2.75) is 32.4 Å². The smallest absolute Gasteiger partial charge is 0.409 e. The van der Waals surface area contributed by atoms with Crippen LogP contribution in [0.1, 0.15) is 19.8 Å². The lowest BCUT2D eigenvalue weighted by Gasteiger charge is -2.43. The van der Waals surface area contributed by atoms with Crippen LogP contribution in [-0.4, -0.2) is 88.2 Å². The lowest BCUT2D eigenvalue weighted by atomic mass is 10.0. The van der Waals surface area contributed by atoms with E-state index >= 15 is 0 Å². The van der Waals surface area contributed by atoms with Crippen LogP contribution in [0.2, 0.25) is 0 Å². The van der Waals surface area contributed by atoms with E-state index in [1.807, 2.05) is 22.6 Å². The SMILES string of the molecule is CCOC(=O)N1CCN([C@@H]2CCCN(C(=O)Cn3ccnc3)C2)CC1. The zero-order chi connectivity index (χ0) is 17.6. The van der Waals surface area contributed by atoms with Crippen molar-refractivity contribution >= 4 is 12.0 Å².